The fourth-order valence-corrected chi connectivity index (χ4v) is 2.58. The molecule has 0 radical (unpaired) electrons. The molecule has 0 fully saturated rings. The van der Waals surface area contributed by atoms with Crippen molar-refractivity contribution in [3.8, 4) is 0 Å². The van der Waals surface area contributed by atoms with Gasteiger partial charge in [-0.05, 0) is 19.4 Å². The molecule has 0 saturated heterocycles. The molecule has 0 amide bonds. The number of hydrogen-bond acceptors (Lipinski definition) is 4. The molecule has 1 aromatic rings. The number of sulfonamides is 1. The molecule has 0 spiro atoms. The van der Waals surface area contributed by atoms with Gasteiger partial charge in [-0.1, -0.05) is 19.8 Å². The zero-order valence-electron chi connectivity index (χ0n) is 10.8. The predicted molar refractivity (Wildman–Crippen MR) is 70.7 cm³/mol. The maximum absolute atomic E-state index is 11.8. The first-order valence-electron chi connectivity index (χ1n) is 6.33. The standard InChI is InChI=1S/C11H22N4O2S/c1-2-10-13-9-11(15-10)18(16,17)14-8-6-4-3-5-7-12/h9,14H,2-8,12H2,1H3,(H,13,15). The van der Waals surface area contributed by atoms with Crippen LogP contribution in [-0.4, -0.2) is 31.5 Å². The third-order valence-electron chi connectivity index (χ3n) is 2.65. The number of nitrogens with two attached hydrogens (primary N) is 1. The molecule has 6 nitrogen and oxygen atoms in total. The minimum atomic E-state index is -3.44. The van der Waals surface area contributed by atoms with Crippen molar-refractivity contribution >= 4 is 10.0 Å². The summed E-state index contributed by atoms with van der Waals surface area (Å²) in [6.45, 7) is 3.06. The molecule has 0 aliphatic rings. The van der Waals surface area contributed by atoms with Gasteiger partial charge in [0.25, 0.3) is 10.0 Å². The van der Waals surface area contributed by atoms with Gasteiger partial charge in [-0.2, -0.15) is 0 Å². The number of H-pyrrole nitrogens is 1. The molecule has 1 rings (SSSR count). The summed E-state index contributed by atoms with van der Waals surface area (Å²) >= 11 is 0. The van der Waals surface area contributed by atoms with E-state index in [0.29, 0.717) is 25.3 Å². The number of hydrogen-bond donors (Lipinski definition) is 3. The lowest BCUT2D eigenvalue weighted by molar-refractivity contribution is 0.569. The molecule has 0 bridgehead atoms. The Labute approximate surface area is 108 Å². The summed E-state index contributed by atoms with van der Waals surface area (Å²) in [5.74, 6) is 0.679. The maximum Gasteiger partial charge on any atom is 0.257 e. The number of aromatic nitrogens is 2. The first-order valence-corrected chi connectivity index (χ1v) is 7.82. The molecule has 18 heavy (non-hydrogen) atoms. The van der Waals surface area contributed by atoms with Gasteiger partial charge in [0.2, 0.25) is 0 Å². The van der Waals surface area contributed by atoms with Crippen LogP contribution in [0.25, 0.3) is 0 Å². The number of imidazole rings is 1. The molecule has 1 aromatic heterocycles. The van der Waals surface area contributed by atoms with E-state index in [2.05, 4.69) is 14.7 Å². The van der Waals surface area contributed by atoms with Crippen molar-refractivity contribution in [1.82, 2.24) is 14.7 Å². The molecule has 0 saturated carbocycles. The topological polar surface area (TPSA) is 101 Å². The van der Waals surface area contributed by atoms with Crippen molar-refractivity contribution in [2.24, 2.45) is 5.73 Å². The van der Waals surface area contributed by atoms with E-state index >= 15 is 0 Å². The minimum absolute atomic E-state index is 0.140. The third kappa shape index (κ3) is 4.75. The molecule has 4 N–H and O–H groups in total. The van der Waals surface area contributed by atoms with Gasteiger partial charge in [-0.25, -0.2) is 18.1 Å². The number of rotatable bonds is 9. The molecule has 0 unspecified atom stereocenters. The number of aromatic amines is 1. The Hall–Kier alpha value is -0.920. The monoisotopic (exact) mass is 274 g/mol. The Morgan fingerprint density at radius 3 is 2.67 bits per heavy atom. The number of nitrogens with zero attached hydrogens (tertiary/aromatic N) is 1. The van der Waals surface area contributed by atoms with Crippen LogP contribution in [0.4, 0.5) is 0 Å². The smallest absolute Gasteiger partial charge is 0.257 e. The summed E-state index contributed by atoms with van der Waals surface area (Å²) < 4.78 is 26.3. The minimum Gasteiger partial charge on any atom is -0.332 e. The van der Waals surface area contributed by atoms with Crippen LogP contribution in [-0.2, 0) is 16.4 Å². The van der Waals surface area contributed by atoms with Crippen molar-refractivity contribution in [3.63, 3.8) is 0 Å². The van der Waals surface area contributed by atoms with Crippen LogP contribution in [0.3, 0.4) is 0 Å². The van der Waals surface area contributed by atoms with Crippen molar-refractivity contribution in [2.45, 2.75) is 44.1 Å². The highest BCUT2D eigenvalue weighted by Gasteiger charge is 2.15. The van der Waals surface area contributed by atoms with Crippen LogP contribution in [0, 0.1) is 0 Å². The van der Waals surface area contributed by atoms with Gasteiger partial charge < -0.3 is 10.7 Å². The first kappa shape index (κ1) is 15.1. The summed E-state index contributed by atoms with van der Waals surface area (Å²) in [6, 6.07) is 0. The van der Waals surface area contributed by atoms with Gasteiger partial charge in [-0.3, -0.25) is 0 Å². The Kier molecular flexibility index (Phi) is 6.31. The van der Waals surface area contributed by atoms with Crippen molar-refractivity contribution in [3.05, 3.63) is 12.0 Å². The molecule has 7 heteroatoms. The number of unbranched alkanes of at least 4 members (excludes halogenated alkanes) is 3. The van der Waals surface area contributed by atoms with Crippen molar-refractivity contribution < 1.29 is 8.42 Å². The normalized spacial score (nSPS) is 11.9. The van der Waals surface area contributed by atoms with E-state index in [9.17, 15) is 8.42 Å². The lowest BCUT2D eigenvalue weighted by Crippen LogP contribution is -2.25. The predicted octanol–water partition coefficient (Wildman–Crippen LogP) is 0.770. The fourth-order valence-electron chi connectivity index (χ4n) is 1.57. The molecule has 0 aliphatic heterocycles. The Morgan fingerprint density at radius 2 is 2.06 bits per heavy atom. The molecular formula is C11H22N4O2S. The van der Waals surface area contributed by atoms with E-state index in [-0.39, 0.29) is 5.03 Å². The molecular weight excluding hydrogens is 252 g/mol. The SMILES string of the molecule is CCc1ncc(S(=O)(=O)NCCCCCCN)[nH]1. The first-order chi connectivity index (χ1) is 8.60. The molecule has 0 atom stereocenters. The van der Waals surface area contributed by atoms with Gasteiger partial charge in [0.15, 0.2) is 5.03 Å². The van der Waals surface area contributed by atoms with Crippen molar-refractivity contribution in [2.75, 3.05) is 13.1 Å². The summed E-state index contributed by atoms with van der Waals surface area (Å²) in [5.41, 5.74) is 5.38. The van der Waals surface area contributed by atoms with Gasteiger partial charge in [0, 0.05) is 13.0 Å². The van der Waals surface area contributed by atoms with E-state index in [1.165, 1.54) is 6.20 Å². The number of aryl methyl sites for hydroxylation is 1. The van der Waals surface area contributed by atoms with Gasteiger partial charge in [-0.15, -0.1) is 0 Å². The highest BCUT2D eigenvalue weighted by Crippen LogP contribution is 2.06. The van der Waals surface area contributed by atoms with Crippen LogP contribution in [0.5, 0.6) is 0 Å². The van der Waals surface area contributed by atoms with Crippen LogP contribution in [0.15, 0.2) is 11.2 Å². The zero-order chi connectivity index (χ0) is 13.4. The van der Waals surface area contributed by atoms with E-state index in [1.807, 2.05) is 6.92 Å². The van der Waals surface area contributed by atoms with Gasteiger partial charge in [0.1, 0.15) is 5.82 Å². The van der Waals surface area contributed by atoms with E-state index in [0.717, 1.165) is 25.7 Å². The summed E-state index contributed by atoms with van der Waals surface area (Å²) in [4.78, 5) is 6.77. The molecule has 0 aromatic carbocycles. The Balaban J connectivity index is 2.36. The van der Waals surface area contributed by atoms with Gasteiger partial charge >= 0.3 is 0 Å². The molecule has 1 heterocycles. The summed E-state index contributed by atoms with van der Waals surface area (Å²) in [7, 11) is -3.44. The van der Waals surface area contributed by atoms with Crippen LogP contribution < -0.4 is 10.5 Å². The maximum atomic E-state index is 11.8. The van der Waals surface area contributed by atoms with Crippen LogP contribution >= 0.6 is 0 Å². The average molecular weight is 274 g/mol. The molecule has 0 aliphatic carbocycles. The second-order valence-corrected chi connectivity index (χ2v) is 5.88. The second-order valence-electron chi connectivity index (χ2n) is 4.15. The Morgan fingerprint density at radius 1 is 1.33 bits per heavy atom. The Bertz CT molecular complexity index is 442. The summed E-state index contributed by atoms with van der Waals surface area (Å²) in [5, 5.41) is 0.140. The van der Waals surface area contributed by atoms with Crippen molar-refractivity contribution in [1.29, 1.82) is 0 Å². The summed E-state index contributed by atoms with van der Waals surface area (Å²) in [6.07, 6.45) is 5.90. The highest BCUT2D eigenvalue weighted by atomic mass is 32.2. The quantitative estimate of drug-likeness (QED) is 0.579. The zero-order valence-corrected chi connectivity index (χ0v) is 11.6. The highest BCUT2D eigenvalue weighted by molar-refractivity contribution is 7.89. The number of nitrogens with one attached hydrogen (secondary N) is 2. The van der Waals surface area contributed by atoms with Gasteiger partial charge in [0.05, 0.1) is 6.20 Å². The van der Waals surface area contributed by atoms with E-state index < -0.39 is 10.0 Å². The fraction of sp³-hybridized carbons (Fsp3) is 0.727. The van der Waals surface area contributed by atoms with Crippen LogP contribution in [0.2, 0.25) is 0 Å². The third-order valence-corrected chi connectivity index (χ3v) is 4.02. The largest absolute Gasteiger partial charge is 0.332 e. The lowest BCUT2D eigenvalue weighted by Gasteiger charge is -2.04. The molecule has 104 valence electrons. The van der Waals surface area contributed by atoms with E-state index in [4.69, 9.17) is 5.73 Å². The van der Waals surface area contributed by atoms with E-state index in [1.54, 1.807) is 0 Å². The average Bonchev–Trinajstić information content (AvgIpc) is 2.83. The lowest BCUT2D eigenvalue weighted by atomic mass is 10.2. The second kappa shape index (κ2) is 7.50. The van der Waals surface area contributed by atoms with Crippen LogP contribution in [0.1, 0.15) is 38.4 Å².